The Morgan fingerprint density at radius 2 is 1.84 bits per heavy atom. The lowest BCUT2D eigenvalue weighted by Crippen LogP contribution is -2.64. The summed E-state index contributed by atoms with van der Waals surface area (Å²) >= 11 is 0. The molecule has 0 spiro atoms. The van der Waals surface area contributed by atoms with E-state index in [1.54, 1.807) is 18.2 Å². The van der Waals surface area contributed by atoms with Gasteiger partial charge in [-0.05, 0) is 48.6 Å². The normalized spacial score (nSPS) is 15.9. The van der Waals surface area contributed by atoms with Gasteiger partial charge < -0.3 is 20.1 Å². The third-order valence-electron chi connectivity index (χ3n) is 7.39. The minimum Gasteiger partial charge on any atom is -0.497 e. The van der Waals surface area contributed by atoms with Crippen molar-refractivity contribution in [2.24, 2.45) is 17.6 Å². The molecule has 1 fully saturated rings. The van der Waals surface area contributed by atoms with Gasteiger partial charge in [-0.25, -0.2) is 0 Å². The maximum Gasteiger partial charge on any atom is 0.227 e. The number of nitrogens with one attached hydrogen (secondary N) is 1. The van der Waals surface area contributed by atoms with E-state index in [1.807, 2.05) is 36.4 Å². The smallest absolute Gasteiger partial charge is 0.227 e. The lowest BCUT2D eigenvalue weighted by atomic mass is 9.78. The van der Waals surface area contributed by atoms with Crippen molar-refractivity contribution in [3.05, 3.63) is 77.1 Å². The van der Waals surface area contributed by atoms with Crippen molar-refractivity contribution in [3.63, 3.8) is 0 Å². The van der Waals surface area contributed by atoms with Crippen LogP contribution in [0.15, 0.2) is 54.7 Å². The summed E-state index contributed by atoms with van der Waals surface area (Å²) < 4.78 is 11.7. The van der Waals surface area contributed by atoms with Crippen LogP contribution in [-0.4, -0.2) is 58.9 Å². The van der Waals surface area contributed by atoms with Crippen LogP contribution in [0.1, 0.15) is 42.1 Å². The summed E-state index contributed by atoms with van der Waals surface area (Å²) in [7, 11) is 1.61. The number of primary amides is 1. The molecule has 1 saturated heterocycles. The molecule has 3 N–H and O–H groups in total. The number of aromatic amines is 1. The van der Waals surface area contributed by atoms with Gasteiger partial charge in [-0.2, -0.15) is 15.4 Å². The second-order valence-corrected chi connectivity index (χ2v) is 10.0. The maximum atomic E-state index is 14.1. The van der Waals surface area contributed by atoms with Crippen molar-refractivity contribution in [2.45, 2.75) is 45.1 Å². The number of hydrogen-bond acceptors (Lipinski definition) is 6. The molecule has 9 nitrogen and oxygen atoms in total. The molecule has 0 saturated carbocycles. The number of carbonyl (C=O) groups excluding carboxylic acids is 2. The number of carbonyl (C=O) groups is 2. The highest BCUT2D eigenvalue weighted by Crippen LogP contribution is 2.39. The molecule has 9 heteroatoms. The van der Waals surface area contributed by atoms with Gasteiger partial charge in [0.25, 0.3) is 0 Å². The monoisotopic (exact) mass is 519 g/mol. The minimum absolute atomic E-state index is 0.114. The lowest BCUT2D eigenvalue weighted by molar-refractivity contribution is -0.178. The first-order chi connectivity index (χ1) is 18.4. The minimum atomic E-state index is -0.746. The molecule has 2 heterocycles. The van der Waals surface area contributed by atoms with E-state index in [4.69, 9.17) is 15.2 Å². The molecule has 4 rings (SSSR count). The second kappa shape index (κ2) is 12.2. The topological polar surface area (TPSA) is 123 Å². The van der Waals surface area contributed by atoms with Gasteiger partial charge in [0, 0.05) is 13.0 Å². The number of likely N-dealkylation sites (tertiary alicyclic amines) is 1. The van der Waals surface area contributed by atoms with Gasteiger partial charge in [0.15, 0.2) is 0 Å². The molecule has 38 heavy (non-hydrogen) atoms. The predicted octanol–water partition coefficient (Wildman–Crippen LogP) is 3.18. The molecular weight excluding hydrogens is 482 g/mol. The van der Waals surface area contributed by atoms with Gasteiger partial charge in [-0.3, -0.25) is 9.59 Å². The first-order valence-corrected chi connectivity index (χ1v) is 13.1. The van der Waals surface area contributed by atoms with Crippen LogP contribution in [-0.2, 0) is 32.8 Å². The van der Waals surface area contributed by atoms with E-state index in [-0.39, 0.29) is 12.3 Å². The van der Waals surface area contributed by atoms with Crippen LogP contribution < -0.4 is 10.5 Å². The maximum absolute atomic E-state index is 14.1. The molecule has 1 unspecified atom stereocenters. The molecule has 0 radical (unpaired) electrons. The largest absolute Gasteiger partial charge is 0.497 e. The summed E-state index contributed by atoms with van der Waals surface area (Å²) in [5.41, 5.74) is 9.05. The third kappa shape index (κ3) is 6.05. The number of unbranched alkanes of at least 4 members (excludes halogenated alkanes) is 1. The summed E-state index contributed by atoms with van der Waals surface area (Å²) in [6.07, 6.45) is 4.11. The van der Waals surface area contributed by atoms with Crippen molar-refractivity contribution in [3.8, 4) is 5.75 Å². The fourth-order valence-electron chi connectivity index (χ4n) is 5.20. The highest BCUT2D eigenvalue weighted by Gasteiger charge is 2.50. The van der Waals surface area contributed by atoms with Crippen molar-refractivity contribution in [2.75, 3.05) is 26.8 Å². The third-order valence-corrected chi connectivity index (χ3v) is 7.39. The number of amides is 2. The Hall–Kier alpha value is -3.72. The fourth-order valence-corrected chi connectivity index (χ4v) is 5.20. The zero-order chi connectivity index (χ0) is 27.1. The molecule has 1 aliphatic heterocycles. The van der Waals surface area contributed by atoms with Gasteiger partial charge in [-0.1, -0.05) is 49.7 Å². The molecule has 2 aromatic carbocycles. The number of aromatic nitrogens is 3. The molecule has 1 aliphatic rings. The molecular formula is C29H37N5O4. The summed E-state index contributed by atoms with van der Waals surface area (Å²) in [4.78, 5) is 28.6. The highest BCUT2D eigenvalue weighted by molar-refractivity contribution is 5.88. The molecule has 1 aromatic heterocycles. The lowest BCUT2D eigenvalue weighted by Gasteiger charge is -2.51. The van der Waals surface area contributed by atoms with Crippen LogP contribution in [0.2, 0.25) is 0 Å². The number of rotatable bonds is 13. The zero-order valence-corrected chi connectivity index (χ0v) is 22.4. The van der Waals surface area contributed by atoms with Crippen molar-refractivity contribution < 1.29 is 19.1 Å². The number of aryl methyl sites for hydroxylation is 1. The summed E-state index contributed by atoms with van der Waals surface area (Å²) in [6.45, 7) is 5.67. The molecule has 0 aliphatic carbocycles. The molecule has 0 bridgehead atoms. The summed E-state index contributed by atoms with van der Waals surface area (Å²) in [5, 5.41) is 10.5. The number of nitrogens with zero attached hydrogens (tertiary/aromatic N) is 3. The Kier molecular flexibility index (Phi) is 8.78. The van der Waals surface area contributed by atoms with Crippen molar-refractivity contribution in [1.82, 2.24) is 20.3 Å². The van der Waals surface area contributed by atoms with E-state index in [9.17, 15) is 9.59 Å². The second-order valence-electron chi connectivity index (χ2n) is 10.0. The first-order valence-electron chi connectivity index (χ1n) is 13.1. The Balaban J connectivity index is 1.60. The van der Waals surface area contributed by atoms with Crippen LogP contribution in [0.25, 0.3) is 0 Å². The Morgan fingerprint density at radius 1 is 1.11 bits per heavy atom. The number of benzene rings is 2. The van der Waals surface area contributed by atoms with Gasteiger partial charge in [0.05, 0.1) is 43.9 Å². The highest BCUT2D eigenvalue weighted by atomic mass is 16.5. The van der Waals surface area contributed by atoms with Crippen molar-refractivity contribution >= 4 is 11.8 Å². The predicted molar refractivity (Wildman–Crippen MR) is 143 cm³/mol. The van der Waals surface area contributed by atoms with E-state index in [0.29, 0.717) is 31.8 Å². The average molecular weight is 520 g/mol. The quantitative estimate of drug-likeness (QED) is 0.334. The zero-order valence-electron chi connectivity index (χ0n) is 22.4. The van der Waals surface area contributed by atoms with Crippen molar-refractivity contribution in [1.29, 1.82) is 0 Å². The Morgan fingerprint density at radius 3 is 2.45 bits per heavy atom. The molecule has 2 atom stereocenters. The van der Waals surface area contributed by atoms with Crippen LogP contribution in [0.3, 0.4) is 0 Å². The van der Waals surface area contributed by atoms with Crippen LogP contribution >= 0.6 is 0 Å². The Bertz CT molecular complexity index is 1210. The van der Waals surface area contributed by atoms with Crippen LogP contribution in [0.4, 0.5) is 0 Å². The number of H-pyrrole nitrogens is 1. The van der Waals surface area contributed by atoms with Crippen LogP contribution in [0, 0.1) is 18.8 Å². The number of nitrogens with two attached hydrogens (primary N) is 1. The van der Waals surface area contributed by atoms with E-state index in [1.165, 1.54) is 0 Å². The van der Waals surface area contributed by atoms with E-state index >= 15 is 0 Å². The number of methoxy groups -OCH3 is 1. The van der Waals surface area contributed by atoms with Gasteiger partial charge in [-0.15, -0.1) is 0 Å². The average Bonchev–Trinajstić information content (AvgIpc) is 3.41. The number of ether oxygens (including phenoxy) is 2. The van der Waals surface area contributed by atoms with E-state index in [2.05, 4.69) is 41.4 Å². The fraction of sp³-hybridized carbons (Fsp3) is 0.448. The molecule has 3 aromatic rings. The summed E-state index contributed by atoms with van der Waals surface area (Å²) in [5.74, 6) is -1.34. The van der Waals surface area contributed by atoms with Crippen LogP contribution in [0.5, 0.6) is 5.75 Å². The number of hydrogen-bond donors (Lipinski definition) is 2. The van der Waals surface area contributed by atoms with Gasteiger partial charge in [0.2, 0.25) is 11.8 Å². The first kappa shape index (κ1) is 27.3. The van der Waals surface area contributed by atoms with E-state index in [0.717, 1.165) is 35.3 Å². The molecule has 202 valence electrons. The SMILES string of the molecule is CCCCOC1(c2ccccc2C)CN(C(=O)[C@H](Cc2ccc(OC)cc2)C(Cc2cn[nH]n2)C(N)=O)C1. The Labute approximate surface area is 223 Å². The van der Waals surface area contributed by atoms with Gasteiger partial charge >= 0.3 is 0 Å². The summed E-state index contributed by atoms with van der Waals surface area (Å²) in [6, 6.07) is 15.7. The van der Waals surface area contributed by atoms with E-state index < -0.39 is 23.3 Å². The molecule has 2 amide bonds. The standard InChI is InChI=1S/C29H37N5O4/c1-4-5-14-38-29(26-9-7-6-8-20(26)2)18-34(19-29)28(36)25(15-21-10-12-23(37-3)13-11-21)24(27(30)35)16-22-17-31-33-32-22/h6-13,17,24-25H,4-5,14-16,18-19H2,1-3H3,(H2,30,35)(H,31,32,33)/t24?,25-/m1/s1. The van der Waals surface area contributed by atoms with Gasteiger partial charge in [0.1, 0.15) is 11.4 Å².